The SMILES string of the molecule is O=C(/C=C/c1ccc(Cl)c([N+](=O)[O-])c1)N1CCCC1c1ccccc1. The summed E-state index contributed by atoms with van der Waals surface area (Å²) in [6.07, 6.45) is 4.96. The number of nitro groups is 1. The summed E-state index contributed by atoms with van der Waals surface area (Å²) in [5.74, 6) is -0.0936. The summed E-state index contributed by atoms with van der Waals surface area (Å²) in [6.45, 7) is 0.712. The van der Waals surface area contributed by atoms with Gasteiger partial charge in [-0.15, -0.1) is 0 Å². The third kappa shape index (κ3) is 3.88. The van der Waals surface area contributed by atoms with Crippen LogP contribution in [0, 0.1) is 10.1 Å². The van der Waals surface area contributed by atoms with E-state index in [0.29, 0.717) is 12.1 Å². The van der Waals surface area contributed by atoms with Gasteiger partial charge in [0.2, 0.25) is 5.91 Å². The molecule has 5 nitrogen and oxygen atoms in total. The van der Waals surface area contributed by atoms with Crippen LogP contribution in [0.3, 0.4) is 0 Å². The van der Waals surface area contributed by atoms with E-state index < -0.39 is 4.92 Å². The molecule has 0 aromatic heterocycles. The molecule has 3 rings (SSSR count). The average Bonchev–Trinajstić information content (AvgIpc) is 3.11. The van der Waals surface area contributed by atoms with Crippen LogP contribution in [-0.2, 0) is 4.79 Å². The molecule has 1 aliphatic rings. The number of amides is 1. The van der Waals surface area contributed by atoms with E-state index in [0.717, 1.165) is 18.4 Å². The number of hydrogen-bond donors (Lipinski definition) is 0. The monoisotopic (exact) mass is 356 g/mol. The van der Waals surface area contributed by atoms with Crippen LogP contribution in [0.4, 0.5) is 5.69 Å². The Balaban J connectivity index is 1.76. The van der Waals surface area contributed by atoms with Crippen LogP contribution in [0.1, 0.15) is 30.0 Å². The Morgan fingerprint density at radius 3 is 2.72 bits per heavy atom. The van der Waals surface area contributed by atoms with Crippen molar-refractivity contribution in [3.8, 4) is 0 Å². The highest BCUT2D eigenvalue weighted by Gasteiger charge is 2.28. The fourth-order valence-electron chi connectivity index (χ4n) is 3.09. The maximum absolute atomic E-state index is 12.6. The van der Waals surface area contributed by atoms with Crippen molar-refractivity contribution in [3.05, 3.63) is 80.9 Å². The second kappa shape index (κ2) is 7.49. The molecule has 128 valence electrons. The molecule has 2 aromatic rings. The Bertz CT molecular complexity index is 821. The van der Waals surface area contributed by atoms with Gasteiger partial charge >= 0.3 is 0 Å². The van der Waals surface area contributed by atoms with Crippen LogP contribution in [0.2, 0.25) is 5.02 Å². The molecule has 2 aromatic carbocycles. The molecule has 0 N–H and O–H groups in total. The first-order chi connectivity index (χ1) is 12.1. The number of halogens is 1. The Morgan fingerprint density at radius 1 is 1.24 bits per heavy atom. The van der Waals surface area contributed by atoms with Gasteiger partial charge in [0, 0.05) is 18.7 Å². The van der Waals surface area contributed by atoms with E-state index in [1.807, 2.05) is 35.2 Å². The average molecular weight is 357 g/mol. The number of likely N-dealkylation sites (tertiary alicyclic amines) is 1. The van der Waals surface area contributed by atoms with Gasteiger partial charge in [-0.1, -0.05) is 48.0 Å². The third-order valence-corrected chi connectivity index (χ3v) is 4.63. The smallest absolute Gasteiger partial charge is 0.288 e. The molecule has 1 fully saturated rings. The van der Waals surface area contributed by atoms with Gasteiger partial charge < -0.3 is 4.90 Å². The number of nitro benzene ring substituents is 1. The zero-order valence-corrected chi connectivity index (χ0v) is 14.2. The quantitative estimate of drug-likeness (QED) is 0.456. The molecule has 0 saturated carbocycles. The first-order valence-electron chi connectivity index (χ1n) is 8.04. The number of benzene rings is 2. The predicted molar refractivity (Wildman–Crippen MR) is 97.3 cm³/mol. The second-order valence-corrected chi connectivity index (χ2v) is 6.31. The summed E-state index contributed by atoms with van der Waals surface area (Å²) in [4.78, 5) is 24.8. The van der Waals surface area contributed by atoms with Gasteiger partial charge in [0.25, 0.3) is 5.69 Å². The lowest BCUT2D eigenvalue weighted by molar-refractivity contribution is -0.384. The molecule has 0 spiro atoms. The molecular formula is C19H17ClN2O3. The van der Waals surface area contributed by atoms with E-state index in [1.54, 1.807) is 12.1 Å². The molecule has 1 unspecified atom stereocenters. The lowest BCUT2D eigenvalue weighted by Gasteiger charge is -2.23. The first kappa shape index (κ1) is 17.2. The predicted octanol–water partition coefficient (Wildman–Crippen LogP) is 4.63. The molecule has 25 heavy (non-hydrogen) atoms. The minimum atomic E-state index is -0.534. The van der Waals surface area contributed by atoms with Crippen molar-refractivity contribution in [3.63, 3.8) is 0 Å². The van der Waals surface area contributed by atoms with E-state index in [4.69, 9.17) is 11.6 Å². The lowest BCUT2D eigenvalue weighted by Crippen LogP contribution is -2.28. The molecule has 1 saturated heterocycles. The Hall–Kier alpha value is -2.66. The molecule has 1 amide bonds. The highest BCUT2D eigenvalue weighted by molar-refractivity contribution is 6.32. The van der Waals surface area contributed by atoms with E-state index in [-0.39, 0.29) is 22.7 Å². The van der Waals surface area contributed by atoms with E-state index in [1.165, 1.54) is 18.2 Å². The van der Waals surface area contributed by atoms with E-state index >= 15 is 0 Å². The van der Waals surface area contributed by atoms with Crippen LogP contribution >= 0.6 is 11.6 Å². The summed E-state index contributed by atoms with van der Waals surface area (Å²) in [5, 5.41) is 11.0. The largest absolute Gasteiger partial charge is 0.332 e. The van der Waals surface area contributed by atoms with Gasteiger partial charge in [-0.05, 0) is 36.1 Å². The summed E-state index contributed by atoms with van der Waals surface area (Å²) in [7, 11) is 0. The minimum Gasteiger partial charge on any atom is -0.332 e. The number of carbonyl (C=O) groups excluding carboxylic acids is 1. The highest BCUT2D eigenvalue weighted by atomic mass is 35.5. The van der Waals surface area contributed by atoms with Crippen LogP contribution in [0.25, 0.3) is 6.08 Å². The normalized spacial score (nSPS) is 17.2. The van der Waals surface area contributed by atoms with Gasteiger partial charge in [0.1, 0.15) is 5.02 Å². The van der Waals surface area contributed by atoms with E-state index in [9.17, 15) is 14.9 Å². The van der Waals surface area contributed by atoms with Crippen molar-refractivity contribution in [2.75, 3.05) is 6.54 Å². The summed E-state index contributed by atoms with van der Waals surface area (Å²) in [6, 6.07) is 14.5. The summed E-state index contributed by atoms with van der Waals surface area (Å²) >= 11 is 5.80. The lowest BCUT2D eigenvalue weighted by atomic mass is 10.0. The number of carbonyl (C=O) groups is 1. The maximum Gasteiger partial charge on any atom is 0.288 e. The van der Waals surface area contributed by atoms with Gasteiger partial charge in [-0.2, -0.15) is 0 Å². The highest BCUT2D eigenvalue weighted by Crippen LogP contribution is 2.32. The van der Waals surface area contributed by atoms with E-state index in [2.05, 4.69) is 0 Å². The molecular weight excluding hydrogens is 340 g/mol. The summed E-state index contributed by atoms with van der Waals surface area (Å²) < 4.78 is 0. The standard InChI is InChI=1S/C19H17ClN2O3/c20-16-10-8-14(13-18(16)22(24)25)9-11-19(23)21-12-4-7-17(21)15-5-2-1-3-6-15/h1-3,5-6,8-11,13,17H,4,7,12H2/b11-9+. The Labute approximate surface area is 150 Å². The Morgan fingerprint density at radius 2 is 2.00 bits per heavy atom. The molecule has 1 atom stereocenters. The van der Waals surface area contributed by atoms with Crippen LogP contribution in [-0.4, -0.2) is 22.3 Å². The van der Waals surface area contributed by atoms with Gasteiger partial charge in [-0.3, -0.25) is 14.9 Å². The van der Waals surface area contributed by atoms with Crippen molar-refractivity contribution in [2.24, 2.45) is 0 Å². The fourth-order valence-corrected chi connectivity index (χ4v) is 3.28. The number of hydrogen-bond acceptors (Lipinski definition) is 3. The number of nitrogens with zero attached hydrogens (tertiary/aromatic N) is 2. The fraction of sp³-hybridized carbons (Fsp3) is 0.211. The number of rotatable bonds is 4. The zero-order valence-electron chi connectivity index (χ0n) is 13.5. The van der Waals surface area contributed by atoms with Gasteiger partial charge in [-0.25, -0.2) is 0 Å². The molecule has 1 aliphatic heterocycles. The molecule has 0 radical (unpaired) electrons. The topological polar surface area (TPSA) is 63.4 Å². The molecule has 6 heteroatoms. The summed E-state index contributed by atoms with van der Waals surface area (Å²) in [5.41, 5.74) is 1.53. The minimum absolute atomic E-state index is 0.0807. The van der Waals surface area contributed by atoms with Crippen LogP contribution in [0.15, 0.2) is 54.6 Å². The third-order valence-electron chi connectivity index (χ3n) is 4.31. The van der Waals surface area contributed by atoms with Crippen molar-refractivity contribution in [2.45, 2.75) is 18.9 Å². The first-order valence-corrected chi connectivity index (χ1v) is 8.41. The Kier molecular flexibility index (Phi) is 5.14. The second-order valence-electron chi connectivity index (χ2n) is 5.90. The zero-order chi connectivity index (χ0) is 17.8. The van der Waals surface area contributed by atoms with Crippen LogP contribution in [0.5, 0.6) is 0 Å². The van der Waals surface area contributed by atoms with Crippen molar-refractivity contribution >= 4 is 29.3 Å². The molecule has 0 bridgehead atoms. The van der Waals surface area contributed by atoms with Crippen molar-refractivity contribution in [1.29, 1.82) is 0 Å². The van der Waals surface area contributed by atoms with Crippen molar-refractivity contribution < 1.29 is 9.72 Å². The molecule has 0 aliphatic carbocycles. The van der Waals surface area contributed by atoms with Gasteiger partial charge in [0.15, 0.2) is 0 Å². The van der Waals surface area contributed by atoms with Crippen LogP contribution < -0.4 is 0 Å². The maximum atomic E-state index is 12.6. The van der Waals surface area contributed by atoms with Crippen molar-refractivity contribution in [1.82, 2.24) is 4.90 Å². The van der Waals surface area contributed by atoms with Gasteiger partial charge in [0.05, 0.1) is 11.0 Å². The molecule has 1 heterocycles.